The molecule has 2 heterocycles. The fourth-order valence-electron chi connectivity index (χ4n) is 4.01. The minimum absolute atomic E-state index is 0.0210. The second-order valence-corrected chi connectivity index (χ2v) is 8.49. The number of nitrogens with zero attached hydrogens (tertiary/aromatic N) is 2. The van der Waals surface area contributed by atoms with Crippen LogP contribution in [0.4, 0.5) is 5.82 Å². The minimum Gasteiger partial charge on any atom is -0.497 e. The van der Waals surface area contributed by atoms with Crippen molar-refractivity contribution in [1.29, 1.82) is 0 Å². The zero-order chi connectivity index (χ0) is 25.5. The number of hydrogen-bond donors (Lipinski definition) is 4. The largest absolute Gasteiger partial charge is 0.497 e. The molecule has 2 amide bonds. The van der Waals surface area contributed by atoms with Gasteiger partial charge in [-0.15, -0.1) is 0 Å². The quantitative estimate of drug-likeness (QED) is 0.377. The van der Waals surface area contributed by atoms with Crippen molar-refractivity contribution in [3.63, 3.8) is 0 Å². The number of carbonyl (C=O) groups is 2. The SMILES string of the molecule is COc1cc(CNC(=O)c2cccc(-c3cnc(N)c(C(=O)N[C@H]4CCCNC4)n3)c2)cc(OC)c1. The molecule has 4 rings (SSSR count). The van der Waals surface area contributed by atoms with E-state index in [0.717, 1.165) is 24.9 Å². The Balaban J connectivity index is 1.48. The van der Waals surface area contributed by atoms with E-state index in [0.29, 0.717) is 41.4 Å². The monoisotopic (exact) mass is 490 g/mol. The first-order valence-corrected chi connectivity index (χ1v) is 11.7. The number of nitrogen functional groups attached to an aromatic ring is 1. The number of benzene rings is 2. The fourth-order valence-corrected chi connectivity index (χ4v) is 4.01. The van der Waals surface area contributed by atoms with Gasteiger partial charge in [0.15, 0.2) is 11.5 Å². The summed E-state index contributed by atoms with van der Waals surface area (Å²) in [5, 5.41) is 9.13. The first-order valence-electron chi connectivity index (χ1n) is 11.7. The molecule has 1 aliphatic rings. The van der Waals surface area contributed by atoms with Crippen molar-refractivity contribution >= 4 is 17.6 Å². The molecule has 36 heavy (non-hydrogen) atoms. The van der Waals surface area contributed by atoms with E-state index in [4.69, 9.17) is 15.2 Å². The van der Waals surface area contributed by atoms with Gasteiger partial charge in [0.25, 0.3) is 11.8 Å². The van der Waals surface area contributed by atoms with Gasteiger partial charge in [-0.3, -0.25) is 9.59 Å². The van der Waals surface area contributed by atoms with Crippen LogP contribution in [0.25, 0.3) is 11.3 Å². The van der Waals surface area contributed by atoms with Crippen molar-refractivity contribution in [2.45, 2.75) is 25.4 Å². The molecule has 0 unspecified atom stereocenters. The number of aromatic nitrogens is 2. The summed E-state index contributed by atoms with van der Waals surface area (Å²) in [5.74, 6) is 0.717. The van der Waals surface area contributed by atoms with Crippen LogP contribution >= 0.6 is 0 Å². The lowest BCUT2D eigenvalue weighted by Crippen LogP contribution is -2.46. The number of anilines is 1. The Bertz CT molecular complexity index is 1220. The zero-order valence-electron chi connectivity index (χ0n) is 20.3. The van der Waals surface area contributed by atoms with Crippen LogP contribution in [0.3, 0.4) is 0 Å². The van der Waals surface area contributed by atoms with Crippen molar-refractivity contribution < 1.29 is 19.1 Å². The lowest BCUT2D eigenvalue weighted by Gasteiger charge is -2.23. The van der Waals surface area contributed by atoms with E-state index < -0.39 is 0 Å². The third kappa shape index (κ3) is 6.08. The van der Waals surface area contributed by atoms with E-state index in [1.54, 1.807) is 44.6 Å². The number of hydrogen-bond acceptors (Lipinski definition) is 8. The molecule has 188 valence electrons. The first kappa shape index (κ1) is 24.9. The Hall–Kier alpha value is -4.18. The van der Waals surface area contributed by atoms with Gasteiger partial charge < -0.3 is 31.2 Å². The Kier molecular flexibility index (Phi) is 7.96. The number of nitrogens with one attached hydrogen (secondary N) is 3. The standard InChI is InChI=1S/C26H30N6O4/c1-35-20-9-16(10-21(12-20)36-2)13-30-25(33)18-6-3-5-17(11-18)22-15-29-24(27)23(32-22)26(34)31-19-7-4-8-28-14-19/h3,5-6,9-12,15,19,28H,4,7-8,13-14H2,1-2H3,(H2,27,29)(H,30,33)(H,31,34)/t19-/m0/s1. The predicted molar refractivity (Wildman–Crippen MR) is 136 cm³/mol. The molecule has 1 saturated heterocycles. The van der Waals surface area contributed by atoms with E-state index in [-0.39, 0.29) is 29.4 Å². The second-order valence-electron chi connectivity index (χ2n) is 8.49. The number of carbonyl (C=O) groups excluding carboxylic acids is 2. The molecule has 2 aromatic carbocycles. The van der Waals surface area contributed by atoms with Crippen LogP contribution in [0.15, 0.2) is 48.7 Å². The van der Waals surface area contributed by atoms with Gasteiger partial charge in [0, 0.05) is 36.3 Å². The first-order chi connectivity index (χ1) is 17.5. The molecule has 0 spiro atoms. The average molecular weight is 491 g/mol. The highest BCUT2D eigenvalue weighted by molar-refractivity contribution is 5.97. The summed E-state index contributed by atoms with van der Waals surface area (Å²) in [6.07, 6.45) is 3.38. The Morgan fingerprint density at radius 2 is 1.89 bits per heavy atom. The summed E-state index contributed by atoms with van der Waals surface area (Å²) in [5.41, 5.74) is 8.40. The topological polar surface area (TPSA) is 140 Å². The van der Waals surface area contributed by atoms with Gasteiger partial charge in [-0.05, 0) is 49.2 Å². The average Bonchev–Trinajstić information content (AvgIpc) is 2.92. The summed E-state index contributed by atoms with van der Waals surface area (Å²) in [6.45, 7) is 1.94. The molecular formula is C26H30N6O4. The third-order valence-corrected chi connectivity index (χ3v) is 5.93. The fraction of sp³-hybridized carbons (Fsp3) is 0.308. The van der Waals surface area contributed by atoms with E-state index in [9.17, 15) is 9.59 Å². The highest BCUT2D eigenvalue weighted by Gasteiger charge is 2.20. The minimum atomic E-state index is -0.363. The maximum Gasteiger partial charge on any atom is 0.274 e. The van der Waals surface area contributed by atoms with Gasteiger partial charge in [-0.25, -0.2) is 9.97 Å². The number of amides is 2. The molecule has 10 nitrogen and oxygen atoms in total. The summed E-state index contributed by atoms with van der Waals surface area (Å²) in [6, 6.07) is 12.4. The van der Waals surface area contributed by atoms with Crippen LogP contribution in [0, 0.1) is 0 Å². The third-order valence-electron chi connectivity index (χ3n) is 5.93. The number of methoxy groups -OCH3 is 2. The molecule has 0 aliphatic carbocycles. The highest BCUT2D eigenvalue weighted by atomic mass is 16.5. The molecule has 0 saturated carbocycles. The lowest BCUT2D eigenvalue weighted by atomic mass is 10.1. The van der Waals surface area contributed by atoms with Crippen LogP contribution in [-0.2, 0) is 6.54 Å². The van der Waals surface area contributed by atoms with E-state index in [1.165, 1.54) is 6.20 Å². The molecule has 0 radical (unpaired) electrons. The van der Waals surface area contributed by atoms with Crippen LogP contribution in [0.1, 0.15) is 39.3 Å². The Labute approximate surface area is 209 Å². The van der Waals surface area contributed by atoms with Crippen LogP contribution in [0.5, 0.6) is 11.5 Å². The van der Waals surface area contributed by atoms with Crippen molar-refractivity contribution in [2.75, 3.05) is 33.0 Å². The van der Waals surface area contributed by atoms with Gasteiger partial charge in [0.2, 0.25) is 0 Å². The van der Waals surface area contributed by atoms with Gasteiger partial charge in [-0.1, -0.05) is 12.1 Å². The van der Waals surface area contributed by atoms with E-state index in [1.807, 2.05) is 12.1 Å². The summed E-state index contributed by atoms with van der Waals surface area (Å²) >= 11 is 0. The molecule has 1 aromatic heterocycles. The molecule has 1 fully saturated rings. The van der Waals surface area contributed by atoms with Crippen molar-refractivity contribution in [3.05, 3.63) is 65.5 Å². The molecule has 0 bridgehead atoms. The molecule has 3 aromatic rings. The maximum absolute atomic E-state index is 12.9. The normalized spacial score (nSPS) is 15.1. The van der Waals surface area contributed by atoms with E-state index in [2.05, 4.69) is 25.9 Å². The smallest absolute Gasteiger partial charge is 0.274 e. The summed E-state index contributed by atoms with van der Waals surface area (Å²) in [7, 11) is 3.15. The maximum atomic E-state index is 12.9. The molecule has 10 heteroatoms. The van der Waals surface area contributed by atoms with E-state index >= 15 is 0 Å². The summed E-state index contributed by atoms with van der Waals surface area (Å²) < 4.78 is 10.6. The van der Waals surface area contributed by atoms with Gasteiger partial charge >= 0.3 is 0 Å². The number of nitrogens with two attached hydrogens (primary N) is 1. The lowest BCUT2D eigenvalue weighted by molar-refractivity contribution is 0.0923. The van der Waals surface area contributed by atoms with Gasteiger partial charge in [-0.2, -0.15) is 0 Å². The second kappa shape index (κ2) is 11.5. The van der Waals surface area contributed by atoms with Crippen LogP contribution in [0.2, 0.25) is 0 Å². The van der Waals surface area contributed by atoms with Crippen molar-refractivity contribution in [2.24, 2.45) is 0 Å². The number of rotatable bonds is 8. The Morgan fingerprint density at radius 3 is 2.58 bits per heavy atom. The summed E-state index contributed by atoms with van der Waals surface area (Å²) in [4.78, 5) is 34.3. The zero-order valence-corrected chi connectivity index (χ0v) is 20.3. The van der Waals surface area contributed by atoms with Crippen LogP contribution < -0.4 is 31.2 Å². The van der Waals surface area contributed by atoms with Gasteiger partial charge in [0.1, 0.15) is 11.5 Å². The molecular weight excluding hydrogens is 460 g/mol. The molecule has 1 atom stereocenters. The number of ether oxygens (including phenoxy) is 2. The van der Waals surface area contributed by atoms with Crippen molar-refractivity contribution in [3.8, 4) is 22.8 Å². The highest BCUT2D eigenvalue weighted by Crippen LogP contribution is 2.23. The van der Waals surface area contributed by atoms with Gasteiger partial charge in [0.05, 0.1) is 26.1 Å². The number of piperidine rings is 1. The molecule has 5 N–H and O–H groups in total. The molecule has 1 aliphatic heterocycles. The van der Waals surface area contributed by atoms with Crippen molar-refractivity contribution in [1.82, 2.24) is 25.9 Å². The predicted octanol–water partition coefficient (Wildman–Crippen LogP) is 2.15. The van der Waals surface area contributed by atoms with Crippen LogP contribution in [-0.4, -0.2) is 55.1 Å². The Morgan fingerprint density at radius 1 is 1.11 bits per heavy atom.